The Kier molecular flexibility index (Phi) is 6.99. The summed E-state index contributed by atoms with van der Waals surface area (Å²) in [7, 11) is 0. The number of benzene rings is 1. The number of carbonyl (C=O) groups excluding carboxylic acids is 2. The van der Waals surface area contributed by atoms with Gasteiger partial charge in [-0.2, -0.15) is 0 Å². The molecule has 0 aromatic heterocycles. The number of primary amides is 1. The number of ether oxygens (including phenoxy) is 1. The molecule has 1 rings (SSSR count). The molecule has 0 aliphatic rings. The van der Waals surface area contributed by atoms with E-state index < -0.39 is 11.5 Å². The monoisotopic (exact) mass is 349 g/mol. The zero-order chi connectivity index (χ0) is 19.3. The SMILES string of the molecule is CC(C)(C)OC(=O)N(CCNCc1cccc(C(N)=O)c1)C(C)(C)C. The first-order chi connectivity index (χ1) is 11.4. The average molecular weight is 349 g/mol. The molecule has 3 N–H and O–H groups in total. The molecule has 0 spiro atoms. The zero-order valence-corrected chi connectivity index (χ0v) is 16.2. The van der Waals surface area contributed by atoms with E-state index in [1.54, 1.807) is 23.1 Å². The number of carbonyl (C=O) groups is 2. The van der Waals surface area contributed by atoms with Crippen molar-refractivity contribution in [2.24, 2.45) is 5.73 Å². The Bertz CT molecular complexity index is 601. The Hall–Kier alpha value is -2.08. The lowest BCUT2D eigenvalue weighted by Crippen LogP contribution is -2.50. The van der Waals surface area contributed by atoms with Gasteiger partial charge in [-0.25, -0.2) is 4.79 Å². The standard InChI is InChI=1S/C19H31N3O3/c1-18(2,3)22(17(24)25-19(4,5)6)11-10-21-13-14-8-7-9-15(12-14)16(20)23/h7-9,12,21H,10-11,13H2,1-6H3,(H2,20,23). The summed E-state index contributed by atoms with van der Waals surface area (Å²) < 4.78 is 5.49. The van der Waals surface area contributed by atoms with Gasteiger partial charge in [-0.1, -0.05) is 12.1 Å². The fourth-order valence-corrected chi connectivity index (χ4v) is 2.28. The van der Waals surface area contributed by atoms with Crippen molar-refractivity contribution in [3.8, 4) is 0 Å². The minimum atomic E-state index is -0.525. The molecule has 0 aliphatic heterocycles. The van der Waals surface area contributed by atoms with Gasteiger partial charge in [0.15, 0.2) is 0 Å². The second kappa shape index (κ2) is 8.34. The van der Waals surface area contributed by atoms with E-state index in [0.29, 0.717) is 25.2 Å². The number of nitrogens with zero attached hydrogens (tertiary/aromatic N) is 1. The first-order valence-corrected chi connectivity index (χ1v) is 8.50. The van der Waals surface area contributed by atoms with Gasteiger partial charge < -0.3 is 20.7 Å². The number of rotatable bonds is 6. The van der Waals surface area contributed by atoms with Crippen LogP contribution in [0.3, 0.4) is 0 Å². The quantitative estimate of drug-likeness (QED) is 0.773. The van der Waals surface area contributed by atoms with Crippen LogP contribution in [0, 0.1) is 0 Å². The predicted octanol–water partition coefficient (Wildman–Crippen LogP) is 2.91. The molecular formula is C19H31N3O3. The van der Waals surface area contributed by atoms with E-state index in [0.717, 1.165) is 5.56 Å². The summed E-state index contributed by atoms with van der Waals surface area (Å²) in [6.07, 6.45) is -0.322. The largest absolute Gasteiger partial charge is 0.444 e. The Morgan fingerprint density at radius 2 is 1.80 bits per heavy atom. The number of nitrogens with one attached hydrogen (secondary N) is 1. The van der Waals surface area contributed by atoms with Gasteiger partial charge in [0.25, 0.3) is 0 Å². The fraction of sp³-hybridized carbons (Fsp3) is 0.579. The summed E-state index contributed by atoms with van der Waals surface area (Å²) in [6, 6.07) is 7.19. The van der Waals surface area contributed by atoms with E-state index in [-0.39, 0.29) is 11.6 Å². The molecule has 1 aromatic rings. The van der Waals surface area contributed by atoms with Crippen molar-refractivity contribution in [1.82, 2.24) is 10.2 Å². The number of amides is 2. The lowest BCUT2D eigenvalue weighted by atomic mass is 10.1. The summed E-state index contributed by atoms with van der Waals surface area (Å²) in [5, 5.41) is 3.29. The first-order valence-electron chi connectivity index (χ1n) is 8.50. The highest BCUT2D eigenvalue weighted by molar-refractivity contribution is 5.92. The third-order valence-electron chi connectivity index (χ3n) is 3.48. The van der Waals surface area contributed by atoms with Gasteiger partial charge in [-0.15, -0.1) is 0 Å². The zero-order valence-electron chi connectivity index (χ0n) is 16.2. The van der Waals surface area contributed by atoms with Crippen LogP contribution >= 0.6 is 0 Å². The third kappa shape index (κ3) is 7.56. The maximum atomic E-state index is 12.4. The minimum Gasteiger partial charge on any atom is -0.444 e. The summed E-state index contributed by atoms with van der Waals surface area (Å²) in [5.41, 5.74) is 5.89. The predicted molar refractivity (Wildman–Crippen MR) is 99.4 cm³/mol. The fourth-order valence-electron chi connectivity index (χ4n) is 2.28. The molecule has 6 heteroatoms. The lowest BCUT2D eigenvalue weighted by Gasteiger charge is -2.36. The van der Waals surface area contributed by atoms with E-state index >= 15 is 0 Å². The Labute approximate surface area is 150 Å². The smallest absolute Gasteiger partial charge is 0.410 e. The van der Waals surface area contributed by atoms with Crippen molar-refractivity contribution in [2.45, 2.75) is 59.2 Å². The molecule has 0 bridgehead atoms. The second-order valence-corrected chi connectivity index (χ2v) is 8.04. The number of hydrogen-bond acceptors (Lipinski definition) is 4. The summed E-state index contributed by atoms with van der Waals surface area (Å²) in [4.78, 5) is 25.3. The highest BCUT2D eigenvalue weighted by Crippen LogP contribution is 2.18. The van der Waals surface area contributed by atoms with Crippen molar-refractivity contribution in [1.29, 1.82) is 0 Å². The molecule has 6 nitrogen and oxygen atoms in total. The molecule has 25 heavy (non-hydrogen) atoms. The van der Waals surface area contributed by atoms with Crippen LogP contribution in [0.2, 0.25) is 0 Å². The van der Waals surface area contributed by atoms with Gasteiger partial charge in [0, 0.05) is 30.7 Å². The normalized spacial score (nSPS) is 11.9. The Morgan fingerprint density at radius 3 is 2.32 bits per heavy atom. The second-order valence-electron chi connectivity index (χ2n) is 8.04. The molecule has 0 saturated carbocycles. The number of nitrogens with two attached hydrogens (primary N) is 1. The van der Waals surface area contributed by atoms with Crippen LogP contribution < -0.4 is 11.1 Å². The number of hydrogen-bond donors (Lipinski definition) is 2. The minimum absolute atomic E-state index is 0.322. The molecule has 1 aromatic carbocycles. The van der Waals surface area contributed by atoms with Gasteiger partial charge in [0.2, 0.25) is 5.91 Å². The Morgan fingerprint density at radius 1 is 1.16 bits per heavy atom. The third-order valence-corrected chi connectivity index (χ3v) is 3.48. The van der Waals surface area contributed by atoms with E-state index in [1.807, 2.05) is 47.6 Å². The van der Waals surface area contributed by atoms with E-state index in [9.17, 15) is 9.59 Å². The van der Waals surface area contributed by atoms with Gasteiger partial charge in [-0.3, -0.25) is 4.79 Å². The summed E-state index contributed by atoms with van der Waals surface area (Å²) in [5.74, 6) is -0.439. The average Bonchev–Trinajstić information content (AvgIpc) is 2.43. The van der Waals surface area contributed by atoms with E-state index in [1.165, 1.54) is 0 Å². The molecule has 140 valence electrons. The Balaban J connectivity index is 2.59. The van der Waals surface area contributed by atoms with Crippen molar-refractivity contribution in [2.75, 3.05) is 13.1 Å². The van der Waals surface area contributed by atoms with E-state index in [2.05, 4.69) is 5.32 Å². The molecule has 0 heterocycles. The van der Waals surface area contributed by atoms with Crippen LogP contribution in [0.5, 0.6) is 0 Å². The summed E-state index contributed by atoms with van der Waals surface area (Å²) in [6.45, 7) is 13.2. The molecule has 0 unspecified atom stereocenters. The molecular weight excluding hydrogens is 318 g/mol. The highest BCUT2D eigenvalue weighted by Gasteiger charge is 2.30. The van der Waals surface area contributed by atoms with E-state index in [4.69, 9.17) is 10.5 Å². The van der Waals surface area contributed by atoms with Crippen LogP contribution in [0.25, 0.3) is 0 Å². The highest BCUT2D eigenvalue weighted by atomic mass is 16.6. The van der Waals surface area contributed by atoms with Gasteiger partial charge in [-0.05, 0) is 59.2 Å². The topological polar surface area (TPSA) is 84.7 Å². The lowest BCUT2D eigenvalue weighted by molar-refractivity contribution is 0.00662. The molecule has 0 saturated heterocycles. The van der Waals surface area contributed by atoms with Crippen LogP contribution in [0.4, 0.5) is 4.79 Å². The van der Waals surface area contributed by atoms with Crippen LogP contribution in [-0.4, -0.2) is 41.1 Å². The summed E-state index contributed by atoms with van der Waals surface area (Å²) >= 11 is 0. The van der Waals surface area contributed by atoms with Gasteiger partial charge in [0.1, 0.15) is 5.60 Å². The molecule has 0 aliphatic carbocycles. The maximum Gasteiger partial charge on any atom is 0.410 e. The van der Waals surface area contributed by atoms with Crippen molar-refractivity contribution in [3.05, 3.63) is 35.4 Å². The van der Waals surface area contributed by atoms with Crippen LogP contribution in [0.1, 0.15) is 57.5 Å². The molecule has 0 fully saturated rings. The van der Waals surface area contributed by atoms with Crippen molar-refractivity contribution in [3.63, 3.8) is 0 Å². The van der Waals surface area contributed by atoms with Gasteiger partial charge >= 0.3 is 6.09 Å². The van der Waals surface area contributed by atoms with Crippen LogP contribution in [0.15, 0.2) is 24.3 Å². The molecule has 0 atom stereocenters. The van der Waals surface area contributed by atoms with Gasteiger partial charge in [0.05, 0.1) is 0 Å². The molecule has 0 radical (unpaired) electrons. The molecule has 2 amide bonds. The van der Waals surface area contributed by atoms with Crippen LogP contribution in [-0.2, 0) is 11.3 Å². The van der Waals surface area contributed by atoms with Crippen molar-refractivity contribution < 1.29 is 14.3 Å². The maximum absolute atomic E-state index is 12.4. The first kappa shape index (κ1) is 21.0. The van der Waals surface area contributed by atoms with Crippen molar-refractivity contribution >= 4 is 12.0 Å².